The van der Waals surface area contributed by atoms with Crippen LogP contribution in [0.2, 0.25) is 5.02 Å². The minimum absolute atomic E-state index is 0.172. The molecular formula is C26H34ClNO6S3. The van der Waals surface area contributed by atoms with Crippen molar-refractivity contribution in [2.45, 2.75) is 61.5 Å². The van der Waals surface area contributed by atoms with E-state index in [2.05, 4.69) is 19.6 Å². The van der Waals surface area contributed by atoms with Crippen LogP contribution >= 0.6 is 45.8 Å². The fraction of sp³-hybridized carbons (Fsp3) is 0.577. The van der Waals surface area contributed by atoms with Gasteiger partial charge in [0.15, 0.2) is 0 Å². The Bertz CT molecular complexity index is 985. The molecule has 1 unspecified atom stereocenters. The lowest BCUT2D eigenvalue weighted by Crippen LogP contribution is -2.42. The number of carbonyl (C=O) groups is 3. The smallest absolute Gasteiger partial charge is 0.333 e. The molecule has 0 spiro atoms. The van der Waals surface area contributed by atoms with Crippen molar-refractivity contribution >= 4 is 63.7 Å². The van der Waals surface area contributed by atoms with Crippen molar-refractivity contribution in [3.63, 3.8) is 0 Å². The van der Waals surface area contributed by atoms with Gasteiger partial charge in [0.25, 0.3) is 0 Å². The van der Waals surface area contributed by atoms with E-state index in [0.717, 1.165) is 19.3 Å². The van der Waals surface area contributed by atoms with Gasteiger partial charge in [0, 0.05) is 46.4 Å². The van der Waals surface area contributed by atoms with Crippen LogP contribution < -0.4 is 0 Å². The number of methoxy groups -OCH3 is 1. The number of carbonyl (C=O) groups excluding carboxylic acids is 3. The molecule has 3 atom stereocenters. The largest absolute Gasteiger partial charge is 0.468 e. The molecule has 0 aliphatic carbocycles. The van der Waals surface area contributed by atoms with Crippen molar-refractivity contribution < 1.29 is 28.6 Å². The van der Waals surface area contributed by atoms with Gasteiger partial charge in [-0.2, -0.15) is 12.6 Å². The maximum Gasteiger partial charge on any atom is 0.333 e. The van der Waals surface area contributed by atoms with Crippen LogP contribution in [0.3, 0.4) is 0 Å². The molecule has 0 bridgehead atoms. The average molecular weight is 588 g/mol. The molecular weight excluding hydrogens is 554 g/mol. The third-order valence-corrected chi connectivity index (χ3v) is 10.8. The summed E-state index contributed by atoms with van der Waals surface area (Å²) in [5.41, 5.74) is 1.33. The summed E-state index contributed by atoms with van der Waals surface area (Å²) < 4.78 is 15.5. The molecule has 2 aliphatic heterocycles. The van der Waals surface area contributed by atoms with Crippen LogP contribution in [-0.4, -0.2) is 65.5 Å². The quantitative estimate of drug-likeness (QED) is 0.0884. The fourth-order valence-electron chi connectivity index (χ4n) is 4.37. The van der Waals surface area contributed by atoms with Crippen molar-refractivity contribution in [3.8, 4) is 0 Å². The molecule has 3 rings (SSSR count). The SMILES string of the molecule is COC(=O)[C@H](c1ccccc1Cl)N1CCC(S)/C(=C\C(=O)OCOC(=O)CCCC[C@@]2(C)CCSS2)C1. The lowest BCUT2D eigenvalue weighted by molar-refractivity contribution is -0.164. The van der Waals surface area contributed by atoms with Crippen LogP contribution in [0.15, 0.2) is 35.9 Å². The van der Waals surface area contributed by atoms with E-state index in [1.54, 1.807) is 18.2 Å². The first kappa shape index (κ1) is 30.2. The number of esters is 3. The Hall–Kier alpha value is -1.33. The Balaban J connectivity index is 1.48. The fourth-order valence-corrected chi connectivity index (χ4v) is 8.18. The number of piperidine rings is 1. The van der Waals surface area contributed by atoms with E-state index in [1.807, 2.05) is 32.6 Å². The zero-order chi connectivity index (χ0) is 26.8. The standard InChI is InChI=1S/C26H34ClNO6S3/c1-26(12-14-36-37-26)11-6-5-9-22(29)33-17-34-23(30)15-18-16-28(13-10-21(18)35)24(25(31)32-2)19-7-3-4-8-20(19)27/h3-4,7-8,15,21,24,35H,5-6,9-14,16-17H2,1-2H3/b18-15-/t21?,24-,26-/m0/s1. The first-order valence-electron chi connectivity index (χ1n) is 12.3. The van der Waals surface area contributed by atoms with Crippen LogP contribution in [0.25, 0.3) is 0 Å². The molecule has 0 N–H and O–H groups in total. The molecule has 2 fully saturated rings. The molecule has 7 nitrogen and oxygen atoms in total. The second-order valence-electron chi connectivity index (χ2n) is 9.35. The first-order chi connectivity index (χ1) is 17.7. The van der Waals surface area contributed by atoms with E-state index in [0.29, 0.717) is 46.8 Å². The zero-order valence-electron chi connectivity index (χ0n) is 21.2. The normalized spacial score (nSPS) is 24.0. The number of unbranched alkanes of at least 4 members (excludes halogenated alkanes) is 1. The average Bonchev–Trinajstić information content (AvgIpc) is 3.31. The minimum atomic E-state index is -0.714. The molecule has 0 radical (unpaired) electrons. The molecule has 204 valence electrons. The van der Waals surface area contributed by atoms with Gasteiger partial charge in [-0.1, -0.05) is 57.8 Å². The topological polar surface area (TPSA) is 82.1 Å². The predicted molar refractivity (Wildman–Crippen MR) is 152 cm³/mol. The van der Waals surface area contributed by atoms with Gasteiger partial charge in [0.2, 0.25) is 6.79 Å². The number of hydrogen-bond donors (Lipinski definition) is 1. The van der Waals surface area contributed by atoms with Gasteiger partial charge in [0.1, 0.15) is 6.04 Å². The summed E-state index contributed by atoms with van der Waals surface area (Å²) in [5.74, 6) is -0.255. The first-order valence-corrected chi connectivity index (χ1v) is 15.5. The third-order valence-electron chi connectivity index (χ3n) is 6.53. The minimum Gasteiger partial charge on any atom is -0.468 e. The van der Waals surface area contributed by atoms with E-state index in [9.17, 15) is 14.4 Å². The van der Waals surface area contributed by atoms with E-state index in [-0.39, 0.29) is 11.2 Å². The summed E-state index contributed by atoms with van der Waals surface area (Å²) in [4.78, 5) is 39.0. The molecule has 0 aromatic heterocycles. The highest BCUT2D eigenvalue weighted by Crippen LogP contribution is 2.49. The molecule has 2 saturated heterocycles. The molecule has 1 aromatic rings. The molecule has 1 aromatic carbocycles. The summed E-state index contributed by atoms with van der Waals surface area (Å²) in [5, 5.41) is 0.289. The van der Waals surface area contributed by atoms with E-state index >= 15 is 0 Å². The molecule has 0 amide bonds. The van der Waals surface area contributed by atoms with Gasteiger partial charge >= 0.3 is 17.9 Å². The monoisotopic (exact) mass is 587 g/mol. The number of hydrogen-bond acceptors (Lipinski definition) is 10. The highest BCUT2D eigenvalue weighted by atomic mass is 35.5. The van der Waals surface area contributed by atoms with Crippen molar-refractivity contribution in [2.75, 3.05) is 32.7 Å². The number of thiol groups is 1. The predicted octanol–water partition coefficient (Wildman–Crippen LogP) is 5.63. The maximum absolute atomic E-state index is 12.7. The Morgan fingerprint density at radius 1 is 1.27 bits per heavy atom. The lowest BCUT2D eigenvalue weighted by atomic mass is 9.98. The Morgan fingerprint density at radius 3 is 2.76 bits per heavy atom. The third kappa shape index (κ3) is 9.13. The van der Waals surface area contributed by atoms with Crippen molar-refractivity contribution in [3.05, 3.63) is 46.5 Å². The zero-order valence-corrected chi connectivity index (χ0v) is 24.4. The van der Waals surface area contributed by atoms with E-state index in [1.165, 1.54) is 25.4 Å². The van der Waals surface area contributed by atoms with Crippen molar-refractivity contribution in [2.24, 2.45) is 0 Å². The van der Waals surface area contributed by atoms with Crippen molar-refractivity contribution in [1.29, 1.82) is 0 Å². The number of rotatable bonds is 11. The summed E-state index contributed by atoms with van der Waals surface area (Å²) in [7, 11) is 5.19. The molecule has 2 aliphatic rings. The molecule has 0 saturated carbocycles. The van der Waals surface area contributed by atoms with Crippen LogP contribution in [0.4, 0.5) is 0 Å². The second-order valence-corrected chi connectivity index (χ2v) is 13.4. The van der Waals surface area contributed by atoms with Crippen molar-refractivity contribution in [1.82, 2.24) is 4.90 Å². The number of likely N-dealkylation sites (tertiary alicyclic amines) is 1. The van der Waals surface area contributed by atoms with Crippen LogP contribution in [0, 0.1) is 0 Å². The number of halogens is 1. The van der Waals surface area contributed by atoms with Gasteiger partial charge in [-0.3, -0.25) is 9.69 Å². The van der Waals surface area contributed by atoms with Gasteiger partial charge < -0.3 is 14.2 Å². The maximum atomic E-state index is 12.7. The van der Waals surface area contributed by atoms with Gasteiger partial charge in [0.05, 0.1) is 7.11 Å². The molecule has 2 heterocycles. The van der Waals surface area contributed by atoms with Gasteiger partial charge in [-0.05, 0) is 49.8 Å². The summed E-state index contributed by atoms with van der Waals surface area (Å²) in [6.45, 7) is 2.72. The number of benzene rings is 1. The van der Waals surface area contributed by atoms with Crippen LogP contribution in [0.5, 0.6) is 0 Å². The van der Waals surface area contributed by atoms with Crippen LogP contribution in [0.1, 0.15) is 57.1 Å². The van der Waals surface area contributed by atoms with E-state index in [4.69, 9.17) is 25.8 Å². The number of ether oxygens (including phenoxy) is 3. The Morgan fingerprint density at radius 2 is 2.05 bits per heavy atom. The highest BCUT2D eigenvalue weighted by Gasteiger charge is 2.34. The van der Waals surface area contributed by atoms with Gasteiger partial charge in [-0.25, -0.2) is 9.59 Å². The second kappa shape index (κ2) is 14.7. The molecule has 37 heavy (non-hydrogen) atoms. The summed E-state index contributed by atoms with van der Waals surface area (Å²) in [6, 6.07) is 6.40. The Kier molecular flexibility index (Phi) is 12.0. The Labute approximate surface area is 237 Å². The summed E-state index contributed by atoms with van der Waals surface area (Å²) in [6.07, 6.45) is 6.27. The summed E-state index contributed by atoms with van der Waals surface area (Å²) >= 11 is 11.0. The number of nitrogens with zero attached hydrogens (tertiary/aromatic N) is 1. The van der Waals surface area contributed by atoms with Crippen LogP contribution in [-0.2, 0) is 28.6 Å². The van der Waals surface area contributed by atoms with Gasteiger partial charge in [-0.15, -0.1) is 0 Å². The highest BCUT2D eigenvalue weighted by molar-refractivity contribution is 8.77. The van der Waals surface area contributed by atoms with E-state index < -0.39 is 24.8 Å². The molecule has 11 heteroatoms. The lowest BCUT2D eigenvalue weighted by Gasteiger charge is -2.36.